The summed E-state index contributed by atoms with van der Waals surface area (Å²) in [4.78, 5) is 40.8. The van der Waals surface area contributed by atoms with E-state index in [1.54, 1.807) is 43.3 Å². The van der Waals surface area contributed by atoms with Gasteiger partial charge in [0.1, 0.15) is 11.3 Å². The number of carbonyl (C=O) groups excluding carboxylic acids is 2. The number of amides is 1. The summed E-state index contributed by atoms with van der Waals surface area (Å²) >= 11 is 0. The van der Waals surface area contributed by atoms with Crippen LogP contribution in [0.15, 0.2) is 80.5 Å². The van der Waals surface area contributed by atoms with Crippen molar-refractivity contribution in [3.8, 4) is 0 Å². The lowest BCUT2D eigenvalue weighted by Crippen LogP contribution is -2.29. The molecule has 0 fully saturated rings. The summed E-state index contributed by atoms with van der Waals surface area (Å²) in [5, 5.41) is 6.05. The quantitative estimate of drug-likeness (QED) is 0.278. The number of nitrogens with zero attached hydrogens (tertiary/aromatic N) is 2. The predicted octanol–water partition coefficient (Wildman–Crippen LogP) is 4.78. The second kappa shape index (κ2) is 7.66. The van der Waals surface area contributed by atoms with Crippen molar-refractivity contribution in [2.45, 2.75) is 13.0 Å². The molecule has 35 heavy (non-hydrogen) atoms. The van der Waals surface area contributed by atoms with Crippen molar-refractivity contribution in [3.05, 3.63) is 105 Å². The van der Waals surface area contributed by atoms with E-state index >= 15 is 0 Å². The number of aryl methyl sites for hydroxylation is 1. The third-order valence-electron chi connectivity index (χ3n) is 6.27. The van der Waals surface area contributed by atoms with Crippen LogP contribution in [0.2, 0.25) is 0 Å². The van der Waals surface area contributed by atoms with Gasteiger partial charge in [0.15, 0.2) is 11.2 Å². The lowest BCUT2D eigenvalue weighted by molar-refractivity contribution is 0.0600. The molecule has 0 radical (unpaired) electrons. The van der Waals surface area contributed by atoms with Gasteiger partial charge in [0, 0.05) is 11.5 Å². The van der Waals surface area contributed by atoms with Crippen LogP contribution in [-0.2, 0) is 4.74 Å². The normalized spacial score (nSPS) is 15.1. The molecule has 0 N–H and O–H groups in total. The monoisotopic (exact) mass is 466 g/mol. The summed E-state index contributed by atoms with van der Waals surface area (Å²) in [5.41, 5.74) is 1.23. The molecule has 0 bridgehead atoms. The summed E-state index contributed by atoms with van der Waals surface area (Å²) in [6.45, 7) is 1.72. The second-order valence-electron chi connectivity index (χ2n) is 8.32. The van der Waals surface area contributed by atoms with Crippen LogP contribution in [0.5, 0.6) is 0 Å². The van der Waals surface area contributed by atoms with Crippen LogP contribution in [0.1, 0.15) is 43.8 Å². The van der Waals surface area contributed by atoms with Crippen molar-refractivity contribution in [2.75, 3.05) is 12.0 Å². The van der Waals surface area contributed by atoms with Gasteiger partial charge in [-0.05, 0) is 36.1 Å². The van der Waals surface area contributed by atoms with Crippen molar-refractivity contribution < 1.29 is 23.3 Å². The highest BCUT2D eigenvalue weighted by molar-refractivity contribution is 6.12. The number of aromatic nitrogens is 1. The Morgan fingerprint density at radius 1 is 1.00 bits per heavy atom. The van der Waals surface area contributed by atoms with Gasteiger partial charge in [0.2, 0.25) is 5.76 Å². The van der Waals surface area contributed by atoms with E-state index in [0.29, 0.717) is 27.9 Å². The molecule has 8 heteroatoms. The van der Waals surface area contributed by atoms with E-state index in [4.69, 9.17) is 13.7 Å². The number of carbonyl (C=O) groups is 2. The van der Waals surface area contributed by atoms with Crippen molar-refractivity contribution in [2.24, 2.45) is 0 Å². The number of benzene rings is 3. The number of fused-ring (bicyclic) bond motifs is 4. The lowest BCUT2D eigenvalue weighted by Gasteiger charge is -2.22. The molecule has 172 valence electrons. The number of ether oxygens (including phenoxy) is 1. The highest BCUT2D eigenvalue weighted by atomic mass is 16.5. The summed E-state index contributed by atoms with van der Waals surface area (Å²) in [7, 11) is 1.30. The fourth-order valence-electron chi connectivity index (χ4n) is 4.64. The number of esters is 1. The van der Waals surface area contributed by atoms with Crippen molar-refractivity contribution >= 4 is 39.4 Å². The van der Waals surface area contributed by atoms with Gasteiger partial charge in [0.05, 0.1) is 29.7 Å². The molecule has 1 aliphatic heterocycles. The number of anilines is 1. The van der Waals surface area contributed by atoms with Gasteiger partial charge in [0.25, 0.3) is 5.91 Å². The van der Waals surface area contributed by atoms with Gasteiger partial charge in [-0.15, -0.1) is 0 Å². The first-order chi connectivity index (χ1) is 17.0. The Kier molecular flexibility index (Phi) is 4.57. The topological polar surface area (TPSA) is 103 Å². The number of rotatable bonds is 3. The maximum absolute atomic E-state index is 13.8. The Hall–Kier alpha value is -4.72. The molecular formula is C27H18N2O6. The van der Waals surface area contributed by atoms with E-state index in [1.165, 1.54) is 12.0 Å². The first kappa shape index (κ1) is 20.9. The van der Waals surface area contributed by atoms with Gasteiger partial charge in [-0.25, -0.2) is 4.79 Å². The summed E-state index contributed by atoms with van der Waals surface area (Å²) in [6, 6.07) is 18.4. The molecule has 6 rings (SSSR count). The summed E-state index contributed by atoms with van der Waals surface area (Å²) in [5.74, 6) is -0.252. The minimum atomic E-state index is -0.819. The average Bonchev–Trinajstić information content (AvgIpc) is 3.44. The Balaban J connectivity index is 1.63. The van der Waals surface area contributed by atoms with E-state index in [-0.39, 0.29) is 22.6 Å². The standard InChI is InChI=1S/C27H18N2O6/c1-14-13-20(28-35-14)29-22(16-7-9-17(10-8-16)27(32)33-2)21-23(30)19-12-11-15-5-3-4-6-18(15)24(19)34-25(21)26(29)31/h3-13,22H,1-2H3/t22-/m0/s1. The SMILES string of the molecule is COC(=O)c1ccc([C@H]2c3c(oc4c(ccc5ccccc54)c3=O)C(=O)N2c2cc(C)on2)cc1. The first-order valence-electron chi connectivity index (χ1n) is 10.9. The summed E-state index contributed by atoms with van der Waals surface area (Å²) in [6.07, 6.45) is 0. The van der Waals surface area contributed by atoms with Crippen LogP contribution in [0.25, 0.3) is 21.7 Å². The third kappa shape index (κ3) is 3.07. The smallest absolute Gasteiger partial charge is 0.337 e. The second-order valence-corrected chi connectivity index (χ2v) is 8.32. The van der Waals surface area contributed by atoms with Gasteiger partial charge in [-0.2, -0.15) is 0 Å². The zero-order chi connectivity index (χ0) is 24.3. The molecule has 8 nitrogen and oxygen atoms in total. The predicted molar refractivity (Wildman–Crippen MR) is 128 cm³/mol. The number of hydrogen-bond acceptors (Lipinski definition) is 7. The fourth-order valence-corrected chi connectivity index (χ4v) is 4.64. The van der Waals surface area contributed by atoms with Gasteiger partial charge >= 0.3 is 5.97 Å². The average molecular weight is 466 g/mol. The van der Waals surface area contributed by atoms with Crippen LogP contribution in [-0.4, -0.2) is 24.1 Å². The van der Waals surface area contributed by atoms with Gasteiger partial charge < -0.3 is 13.7 Å². The molecule has 0 aliphatic carbocycles. The molecule has 2 aromatic heterocycles. The van der Waals surface area contributed by atoms with E-state index in [1.807, 2.05) is 30.3 Å². The van der Waals surface area contributed by atoms with E-state index in [0.717, 1.165) is 10.8 Å². The zero-order valence-corrected chi connectivity index (χ0v) is 18.8. The van der Waals surface area contributed by atoms with Crippen LogP contribution in [0.3, 0.4) is 0 Å². The summed E-state index contributed by atoms with van der Waals surface area (Å²) < 4.78 is 16.2. The Bertz CT molecular complexity index is 1710. The number of hydrogen-bond donors (Lipinski definition) is 0. The minimum Gasteiger partial charge on any atom is -0.465 e. The molecule has 1 atom stereocenters. The van der Waals surface area contributed by atoms with Crippen molar-refractivity contribution in [1.82, 2.24) is 5.16 Å². The Labute approximate surface area is 198 Å². The largest absolute Gasteiger partial charge is 0.465 e. The van der Waals surface area contributed by atoms with Crippen LogP contribution in [0, 0.1) is 6.92 Å². The molecule has 0 saturated heterocycles. The highest BCUT2D eigenvalue weighted by Gasteiger charge is 2.45. The third-order valence-corrected chi connectivity index (χ3v) is 6.27. The Morgan fingerprint density at radius 3 is 2.49 bits per heavy atom. The molecule has 0 unspecified atom stereocenters. The van der Waals surface area contributed by atoms with Crippen molar-refractivity contribution in [1.29, 1.82) is 0 Å². The minimum absolute atomic E-state index is 0.0402. The number of methoxy groups -OCH3 is 1. The maximum Gasteiger partial charge on any atom is 0.337 e. The zero-order valence-electron chi connectivity index (χ0n) is 18.8. The first-order valence-corrected chi connectivity index (χ1v) is 10.9. The van der Waals surface area contributed by atoms with Crippen LogP contribution >= 0.6 is 0 Å². The van der Waals surface area contributed by atoms with Gasteiger partial charge in [-0.1, -0.05) is 47.6 Å². The molecule has 3 heterocycles. The molecule has 0 spiro atoms. The van der Waals surface area contributed by atoms with E-state index < -0.39 is 17.9 Å². The van der Waals surface area contributed by atoms with E-state index in [9.17, 15) is 14.4 Å². The molecule has 5 aromatic rings. The van der Waals surface area contributed by atoms with E-state index in [2.05, 4.69) is 5.16 Å². The fraction of sp³-hybridized carbons (Fsp3) is 0.111. The molecule has 0 saturated carbocycles. The van der Waals surface area contributed by atoms with Gasteiger partial charge in [-0.3, -0.25) is 14.5 Å². The molecule has 1 aliphatic rings. The highest BCUT2D eigenvalue weighted by Crippen LogP contribution is 2.41. The van der Waals surface area contributed by atoms with Crippen molar-refractivity contribution in [3.63, 3.8) is 0 Å². The lowest BCUT2D eigenvalue weighted by atomic mass is 9.97. The molecule has 1 amide bonds. The maximum atomic E-state index is 13.8. The molecular weight excluding hydrogens is 448 g/mol. The molecule has 3 aromatic carbocycles. The van der Waals surface area contributed by atoms with Crippen LogP contribution < -0.4 is 10.3 Å². The Morgan fingerprint density at radius 2 is 1.77 bits per heavy atom. The van der Waals surface area contributed by atoms with Crippen LogP contribution in [0.4, 0.5) is 5.82 Å².